The highest BCUT2D eigenvalue weighted by Crippen LogP contribution is 1.96. The Morgan fingerprint density at radius 1 is 1.70 bits per heavy atom. The minimum absolute atomic E-state index is 0.0301. The molecule has 0 aliphatic heterocycles. The quantitative estimate of drug-likeness (QED) is 0.242. The molecule has 4 heteroatoms. The van der Waals surface area contributed by atoms with Gasteiger partial charge in [-0.25, -0.2) is 9.59 Å². The summed E-state index contributed by atoms with van der Waals surface area (Å²) in [4.78, 5) is 23.3. The van der Waals surface area contributed by atoms with Gasteiger partial charge in [-0.3, -0.25) is 0 Å². The Labute approximate surface area is 58.2 Å². The molecular weight excluding hydrogens is 134 g/mol. The molecule has 0 spiro atoms. The Morgan fingerprint density at radius 3 is 2.60 bits per heavy atom. The summed E-state index contributed by atoms with van der Waals surface area (Å²) in [7, 11) is 1.21. The Morgan fingerprint density at radius 2 is 2.30 bits per heavy atom. The third-order valence-corrected chi connectivity index (χ3v) is 0.834. The average Bonchev–Trinajstić information content (AvgIpc) is 1.99. The van der Waals surface area contributed by atoms with Crippen LogP contribution in [-0.2, 0) is 14.3 Å². The summed E-state index contributed by atoms with van der Waals surface area (Å²) in [6.07, 6.45) is 2.61. The van der Waals surface area contributed by atoms with E-state index in [1.54, 1.807) is 6.92 Å². The molecule has 0 aliphatic carbocycles. The zero-order valence-corrected chi connectivity index (χ0v) is 5.75. The fraction of sp³-hybridized carbons (Fsp3) is 0.333. The van der Waals surface area contributed by atoms with E-state index >= 15 is 0 Å². The van der Waals surface area contributed by atoms with Crippen LogP contribution in [0.25, 0.3) is 0 Å². The van der Waals surface area contributed by atoms with Gasteiger partial charge in [-0.15, -0.1) is 0 Å². The Kier molecular flexibility index (Phi) is 3.84. The van der Waals surface area contributed by atoms with Crippen molar-refractivity contribution in [3.8, 4) is 0 Å². The second-order valence-electron chi connectivity index (χ2n) is 1.37. The van der Waals surface area contributed by atoms with Crippen LogP contribution >= 0.6 is 0 Å². The fourth-order valence-corrected chi connectivity index (χ4v) is 0.382. The van der Waals surface area contributed by atoms with E-state index < -0.39 is 5.97 Å². The summed E-state index contributed by atoms with van der Waals surface area (Å²) in [5, 5.41) is 0. The van der Waals surface area contributed by atoms with Crippen molar-refractivity contribution < 1.29 is 14.3 Å². The smallest absolute Gasteiger partial charge is 0.357 e. The molecule has 0 rings (SSSR count). The van der Waals surface area contributed by atoms with Gasteiger partial charge in [-0.05, 0) is 6.92 Å². The maximum absolute atomic E-state index is 10.6. The molecule has 0 saturated heterocycles. The molecule has 54 valence electrons. The Bertz CT molecular complexity index is 201. The minimum atomic E-state index is -0.633. The van der Waals surface area contributed by atoms with Crippen molar-refractivity contribution in [2.75, 3.05) is 7.11 Å². The predicted octanol–water partition coefficient (Wildman–Crippen LogP) is 0.399. The van der Waals surface area contributed by atoms with E-state index in [4.69, 9.17) is 0 Å². The summed E-state index contributed by atoms with van der Waals surface area (Å²) in [6.45, 7) is 1.58. The number of aliphatic imine (C=N–C) groups is 1. The lowest BCUT2D eigenvalue weighted by Crippen LogP contribution is -2.01. The molecule has 4 nitrogen and oxygen atoms in total. The van der Waals surface area contributed by atoms with Crippen molar-refractivity contribution in [2.24, 2.45) is 4.99 Å². The van der Waals surface area contributed by atoms with Crippen molar-refractivity contribution in [2.45, 2.75) is 6.92 Å². The first-order chi connectivity index (χ1) is 4.76. The van der Waals surface area contributed by atoms with E-state index in [0.29, 0.717) is 0 Å². The number of carbonyl (C=O) groups excluding carboxylic acids is 2. The molecule has 0 saturated carbocycles. The second-order valence-corrected chi connectivity index (χ2v) is 1.37. The normalized spacial score (nSPS) is 10.0. The first-order valence-corrected chi connectivity index (χ1v) is 2.58. The first-order valence-electron chi connectivity index (χ1n) is 2.58. The number of methoxy groups -OCH3 is 1. The lowest BCUT2D eigenvalue weighted by Gasteiger charge is -1.93. The number of carbonyl (C=O) groups is 1. The largest absolute Gasteiger partial charge is 0.464 e. The molecule has 0 amide bonds. The highest BCUT2D eigenvalue weighted by atomic mass is 16.5. The van der Waals surface area contributed by atoms with Gasteiger partial charge in [0.2, 0.25) is 6.08 Å². The number of hydrogen-bond acceptors (Lipinski definition) is 4. The molecule has 0 bridgehead atoms. The highest BCUT2D eigenvalue weighted by molar-refractivity contribution is 5.88. The summed E-state index contributed by atoms with van der Waals surface area (Å²) in [6, 6.07) is 0. The highest BCUT2D eigenvalue weighted by Gasteiger charge is 2.04. The average molecular weight is 141 g/mol. The van der Waals surface area contributed by atoms with Crippen LogP contribution in [0.2, 0.25) is 0 Å². The number of rotatable bonds is 2. The molecular formula is C6H7NO3. The number of isocyanates is 1. The molecule has 0 N–H and O–H groups in total. The van der Waals surface area contributed by atoms with Crippen LogP contribution in [0, 0.1) is 0 Å². The number of esters is 1. The zero-order chi connectivity index (χ0) is 7.98. The lowest BCUT2D eigenvalue weighted by atomic mass is 10.4. The summed E-state index contributed by atoms with van der Waals surface area (Å²) < 4.78 is 4.28. The van der Waals surface area contributed by atoms with Crippen molar-refractivity contribution in [3.05, 3.63) is 11.8 Å². The summed E-state index contributed by atoms with van der Waals surface area (Å²) >= 11 is 0. The van der Waals surface area contributed by atoms with Crippen molar-refractivity contribution in [1.29, 1.82) is 0 Å². The van der Waals surface area contributed by atoms with E-state index in [1.165, 1.54) is 19.3 Å². The van der Waals surface area contributed by atoms with E-state index in [2.05, 4.69) is 9.73 Å². The molecule has 0 atom stereocenters. The van der Waals surface area contributed by atoms with Gasteiger partial charge >= 0.3 is 5.97 Å². The summed E-state index contributed by atoms with van der Waals surface area (Å²) in [5.41, 5.74) is -0.0301. The van der Waals surface area contributed by atoms with Crippen molar-refractivity contribution in [3.63, 3.8) is 0 Å². The van der Waals surface area contributed by atoms with Crippen LogP contribution in [-0.4, -0.2) is 19.2 Å². The fourth-order valence-electron chi connectivity index (χ4n) is 0.382. The van der Waals surface area contributed by atoms with E-state index in [9.17, 15) is 9.59 Å². The molecule has 0 fully saturated rings. The second kappa shape index (κ2) is 4.47. The molecule has 0 heterocycles. The van der Waals surface area contributed by atoms with Crippen LogP contribution < -0.4 is 0 Å². The van der Waals surface area contributed by atoms with Crippen LogP contribution in [0.15, 0.2) is 16.8 Å². The molecule has 0 aliphatic rings. The van der Waals surface area contributed by atoms with Gasteiger partial charge < -0.3 is 4.74 Å². The van der Waals surface area contributed by atoms with Gasteiger partial charge in [0.15, 0.2) is 5.70 Å². The van der Waals surface area contributed by atoms with Gasteiger partial charge in [0.25, 0.3) is 0 Å². The van der Waals surface area contributed by atoms with Gasteiger partial charge in [-0.2, -0.15) is 4.99 Å². The maximum atomic E-state index is 10.6. The van der Waals surface area contributed by atoms with Crippen LogP contribution in [0.1, 0.15) is 6.92 Å². The molecule has 0 aromatic rings. The first kappa shape index (κ1) is 8.59. The SMILES string of the molecule is C/C=C(\N=C=O)C(=O)OC. The number of hydrogen-bond donors (Lipinski definition) is 0. The number of nitrogens with zero attached hydrogens (tertiary/aromatic N) is 1. The molecule has 10 heavy (non-hydrogen) atoms. The van der Waals surface area contributed by atoms with Crippen LogP contribution in [0.5, 0.6) is 0 Å². The topological polar surface area (TPSA) is 55.7 Å². The van der Waals surface area contributed by atoms with Crippen molar-refractivity contribution in [1.82, 2.24) is 0 Å². The van der Waals surface area contributed by atoms with Gasteiger partial charge in [0, 0.05) is 0 Å². The van der Waals surface area contributed by atoms with E-state index in [0.717, 1.165) is 0 Å². The third kappa shape index (κ3) is 2.24. The molecule has 0 aromatic carbocycles. The number of ether oxygens (including phenoxy) is 1. The monoisotopic (exact) mass is 141 g/mol. The van der Waals surface area contributed by atoms with Crippen molar-refractivity contribution >= 4 is 12.0 Å². The van der Waals surface area contributed by atoms with Crippen LogP contribution in [0.4, 0.5) is 0 Å². The van der Waals surface area contributed by atoms with E-state index in [-0.39, 0.29) is 5.70 Å². The Hall–Kier alpha value is -1.41. The zero-order valence-electron chi connectivity index (χ0n) is 5.75. The number of allylic oxidation sites excluding steroid dienone is 1. The van der Waals surface area contributed by atoms with Gasteiger partial charge in [-0.1, -0.05) is 6.08 Å². The molecule has 0 aromatic heterocycles. The minimum Gasteiger partial charge on any atom is -0.464 e. The standard InChI is InChI=1S/C6H7NO3/c1-3-5(7-4-8)6(9)10-2/h3H,1-2H3/b5-3-. The summed E-state index contributed by atoms with van der Waals surface area (Å²) in [5.74, 6) is -0.633. The van der Waals surface area contributed by atoms with E-state index in [1.807, 2.05) is 0 Å². The Balaban J connectivity index is 4.38. The molecule has 0 unspecified atom stereocenters. The maximum Gasteiger partial charge on any atom is 0.357 e. The third-order valence-electron chi connectivity index (χ3n) is 0.834. The van der Waals surface area contributed by atoms with Crippen LogP contribution in [0.3, 0.4) is 0 Å². The van der Waals surface area contributed by atoms with Gasteiger partial charge in [0.1, 0.15) is 0 Å². The van der Waals surface area contributed by atoms with Gasteiger partial charge in [0.05, 0.1) is 7.11 Å². The predicted molar refractivity (Wildman–Crippen MR) is 33.9 cm³/mol. The lowest BCUT2D eigenvalue weighted by molar-refractivity contribution is -0.136. The molecule has 0 radical (unpaired) electrons.